The summed E-state index contributed by atoms with van der Waals surface area (Å²) < 4.78 is 7.61. The van der Waals surface area contributed by atoms with Crippen molar-refractivity contribution in [2.24, 2.45) is 0 Å². The maximum Gasteiger partial charge on any atom is 0.309 e. The molecule has 1 unspecified atom stereocenters. The molecule has 5 nitrogen and oxygen atoms in total. The molecule has 2 rings (SSSR count). The van der Waals surface area contributed by atoms with E-state index in [0.717, 1.165) is 25.2 Å². The third kappa shape index (κ3) is 2.24. The van der Waals surface area contributed by atoms with Crippen LogP contribution in [0.5, 0.6) is 0 Å². The summed E-state index contributed by atoms with van der Waals surface area (Å²) >= 11 is 0. The Labute approximate surface area is 94.1 Å². The molecule has 0 radical (unpaired) electrons. The van der Waals surface area contributed by atoms with Crippen LogP contribution in [0.25, 0.3) is 0 Å². The summed E-state index contributed by atoms with van der Waals surface area (Å²) in [5.41, 5.74) is 0.620. The summed E-state index contributed by atoms with van der Waals surface area (Å²) in [6, 6.07) is 0. The summed E-state index contributed by atoms with van der Waals surface area (Å²) in [6.45, 7) is 3.53. The minimum atomic E-state index is -0.844. The molecule has 0 saturated heterocycles. The highest BCUT2D eigenvalue weighted by Gasteiger charge is 2.23. The fourth-order valence-electron chi connectivity index (χ4n) is 2.10. The van der Waals surface area contributed by atoms with E-state index < -0.39 is 5.97 Å². The van der Waals surface area contributed by atoms with Crippen molar-refractivity contribution in [3.05, 3.63) is 17.7 Å². The van der Waals surface area contributed by atoms with Crippen LogP contribution in [0.15, 0.2) is 6.20 Å². The first-order valence-corrected chi connectivity index (χ1v) is 5.60. The standard InChI is InChI=1S/C11H16N2O3/c1-2-16-9-4-3-5-13-7-8(6-10(14)15)12-11(9)13/h7,9H,2-6H2,1H3,(H,14,15). The van der Waals surface area contributed by atoms with E-state index in [0.29, 0.717) is 12.3 Å². The first-order valence-electron chi connectivity index (χ1n) is 5.60. The van der Waals surface area contributed by atoms with Gasteiger partial charge in [0, 0.05) is 19.3 Å². The van der Waals surface area contributed by atoms with Crippen molar-refractivity contribution >= 4 is 5.97 Å². The summed E-state index contributed by atoms with van der Waals surface area (Å²) in [7, 11) is 0. The van der Waals surface area contributed by atoms with Gasteiger partial charge in [0.05, 0.1) is 12.1 Å². The molecule has 16 heavy (non-hydrogen) atoms. The smallest absolute Gasteiger partial charge is 0.309 e. The van der Waals surface area contributed by atoms with E-state index in [1.54, 1.807) is 0 Å². The lowest BCUT2D eigenvalue weighted by atomic mass is 10.1. The molecule has 0 bridgehead atoms. The second-order valence-corrected chi connectivity index (χ2v) is 3.94. The minimum Gasteiger partial charge on any atom is -0.481 e. The Kier molecular flexibility index (Phi) is 3.24. The van der Waals surface area contributed by atoms with Crippen molar-refractivity contribution in [1.29, 1.82) is 0 Å². The number of carboxylic acids is 1. The molecule has 1 aliphatic rings. The molecule has 0 saturated carbocycles. The van der Waals surface area contributed by atoms with Gasteiger partial charge in [-0.25, -0.2) is 4.98 Å². The van der Waals surface area contributed by atoms with E-state index in [1.165, 1.54) is 0 Å². The summed E-state index contributed by atoms with van der Waals surface area (Å²) in [5, 5.41) is 8.72. The van der Waals surface area contributed by atoms with Gasteiger partial charge < -0.3 is 14.4 Å². The molecule has 2 heterocycles. The van der Waals surface area contributed by atoms with Gasteiger partial charge >= 0.3 is 5.97 Å². The average molecular weight is 224 g/mol. The SMILES string of the molecule is CCOC1CCCn2cc(CC(=O)O)nc21. The summed E-state index contributed by atoms with van der Waals surface area (Å²) in [6.07, 6.45) is 3.87. The molecule has 0 aliphatic carbocycles. The number of carboxylic acid groups (broad SMARTS) is 1. The lowest BCUT2D eigenvalue weighted by Gasteiger charge is -2.22. The lowest BCUT2D eigenvalue weighted by Crippen LogP contribution is -2.17. The van der Waals surface area contributed by atoms with Crippen LogP contribution in [0, 0.1) is 0 Å². The van der Waals surface area contributed by atoms with E-state index in [9.17, 15) is 4.79 Å². The van der Waals surface area contributed by atoms with Crippen LogP contribution in [0.2, 0.25) is 0 Å². The van der Waals surface area contributed by atoms with Crippen LogP contribution < -0.4 is 0 Å². The minimum absolute atomic E-state index is 0.0150. The van der Waals surface area contributed by atoms with Crippen molar-refractivity contribution in [1.82, 2.24) is 9.55 Å². The van der Waals surface area contributed by atoms with Gasteiger partial charge in [0.15, 0.2) is 0 Å². The van der Waals surface area contributed by atoms with Gasteiger partial charge in [-0.1, -0.05) is 0 Å². The van der Waals surface area contributed by atoms with E-state index in [4.69, 9.17) is 9.84 Å². The van der Waals surface area contributed by atoms with Crippen molar-refractivity contribution in [3.63, 3.8) is 0 Å². The predicted octanol–water partition coefficient (Wildman–Crippen LogP) is 1.38. The van der Waals surface area contributed by atoms with Gasteiger partial charge in [-0.05, 0) is 19.8 Å². The number of ether oxygens (including phenoxy) is 1. The topological polar surface area (TPSA) is 64.3 Å². The number of rotatable bonds is 4. The Morgan fingerprint density at radius 1 is 1.75 bits per heavy atom. The van der Waals surface area contributed by atoms with Crippen LogP contribution in [0.4, 0.5) is 0 Å². The van der Waals surface area contributed by atoms with Gasteiger partial charge in [-0.15, -0.1) is 0 Å². The van der Waals surface area contributed by atoms with Crippen molar-refractivity contribution in [2.75, 3.05) is 6.61 Å². The van der Waals surface area contributed by atoms with E-state index in [2.05, 4.69) is 4.98 Å². The number of aryl methyl sites for hydroxylation is 1. The number of hydrogen-bond donors (Lipinski definition) is 1. The predicted molar refractivity (Wildman–Crippen MR) is 57.2 cm³/mol. The molecule has 0 aromatic carbocycles. The number of fused-ring (bicyclic) bond motifs is 1. The zero-order valence-electron chi connectivity index (χ0n) is 9.35. The molecule has 0 fully saturated rings. The number of hydrogen-bond acceptors (Lipinski definition) is 3. The molecule has 1 N–H and O–H groups in total. The molecule has 1 atom stereocenters. The average Bonchev–Trinajstić information content (AvgIpc) is 2.60. The highest BCUT2D eigenvalue weighted by molar-refractivity contribution is 5.69. The van der Waals surface area contributed by atoms with Crippen LogP contribution in [-0.4, -0.2) is 27.2 Å². The molecular weight excluding hydrogens is 208 g/mol. The normalized spacial score (nSPS) is 19.4. The first kappa shape index (κ1) is 11.1. The highest BCUT2D eigenvalue weighted by atomic mass is 16.5. The van der Waals surface area contributed by atoms with Gasteiger partial charge in [0.25, 0.3) is 0 Å². The molecule has 5 heteroatoms. The van der Waals surface area contributed by atoms with Crippen molar-refractivity contribution in [3.8, 4) is 0 Å². The fraction of sp³-hybridized carbons (Fsp3) is 0.636. The molecular formula is C11H16N2O3. The summed E-state index contributed by atoms with van der Waals surface area (Å²) in [5.74, 6) is 0.0350. The quantitative estimate of drug-likeness (QED) is 0.839. The second-order valence-electron chi connectivity index (χ2n) is 3.94. The maximum absolute atomic E-state index is 10.6. The van der Waals surface area contributed by atoms with Gasteiger partial charge in [-0.3, -0.25) is 4.79 Å². The Balaban J connectivity index is 2.20. The number of imidazole rings is 1. The zero-order valence-corrected chi connectivity index (χ0v) is 9.35. The van der Waals surface area contributed by atoms with Gasteiger partial charge in [0.1, 0.15) is 11.9 Å². The van der Waals surface area contributed by atoms with Crippen LogP contribution in [0.3, 0.4) is 0 Å². The monoisotopic (exact) mass is 224 g/mol. The van der Waals surface area contributed by atoms with Crippen molar-refractivity contribution in [2.45, 2.75) is 38.8 Å². The number of aliphatic carboxylic acids is 1. The highest BCUT2D eigenvalue weighted by Crippen LogP contribution is 2.27. The zero-order chi connectivity index (χ0) is 11.5. The molecule has 0 amide bonds. The number of carbonyl (C=O) groups is 1. The first-order chi connectivity index (χ1) is 7.70. The summed E-state index contributed by atoms with van der Waals surface area (Å²) in [4.78, 5) is 15.0. The Bertz CT molecular complexity index is 387. The van der Waals surface area contributed by atoms with Crippen LogP contribution in [0.1, 0.15) is 37.4 Å². The number of aromatic nitrogens is 2. The van der Waals surface area contributed by atoms with Crippen LogP contribution >= 0.6 is 0 Å². The second kappa shape index (κ2) is 4.65. The lowest BCUT2D eigenvalue weighted by molar-refractivity contribution is -0.136. The maximum atomic E-state index is 10.6. The Morgan fingerprint density at radius 2 is 2.56 bits per heavy atom. The van der Waals surface area contributed by atoms with E-state index in [1.807, 2.05) is 17.7 Å². The largest absolute Gasteiger partial charge is 0.481 e. The molecule has 1 aromatic heterocycles. The van der Waals surface area contributed by atoms with E-state index >= 15 is 0 Å². The van der Waals surface area contributed by atoms with Crippen molar-refractivity contribution < 1.29 is 14.6 Å². The van der Waals surface area contributed by atoms with Gasteiger partial charge in [0.2, 0.25) is 0 Å². The molecule has 1 aliphatic heterocycles. The molecule has 0 spiro atoms. The van der Waals surface area contributed by atoms with E-state index in [-0.39, 0.29) is 12.5 Å². The fourth-order valence-corrected chi connectivity index (χ4v) is 2.10. The Hall–Kier alpha value is -1.36. The third-order valence-electron chi connectivity index (χ3n) is 2.71. The Morgan fingerprint density at radius 3 is 3.25 bits per heavy atom. The molecule has 1 aromatic rings. The number of nitrogens with zero attached hydrogens (tertiary/aromatic N) is 2. The van der Waals surface area contributed by atoms with Gasteiger partial charge in [-0.2, -0.15) is 0 Å². The molecule has 88 valence electrons. The van der Waals surface area contributed by atoms with Crippen LogP contribution in [-0.2, 0) is 22.5 Å². The third-order valence-corrected chi connectivity index (χ3v) is 2.71.